The zero-order valence-corrected chi connectivity index (χ0v) is 24.6. The zero-order valence-electron chi connectivity index (χ0n) is 24.6. The number of piperidine rings is 1. The predicted octanol–water partition coefficient (Wildman–Crippen LogP) is 3.49. The highest BCUT2D eigenvalue weighted by molar-refractivity contribution is 5.89. The van der Waals surface area contributed by atoms with Crippen LogP contribution in [0.15, 0.2) is 30.3 Å². The summed E-state index contributed by atoms with van der Waals surface area (Å²) in [7, 11) is 0. The Hall–Kier alpha value is -2.94. The maximum atomic E-state index is 14.0. The zero-order chi connectivity index (χ0) is 29.1. The minimum absolute atomic E-state index is 0.105. The second-order valence-electron chi connectivity index (χ2n) is 10.9. The van der Waals surface area contributed by atoms with Gasteiger partial charge in [-0.1, -0.05) is 50.1 Å². The van der Waals surface area contributed by atoms with Gasteiger partial charge in [-0.05, 0) is 64.4 Å². The van der Waals surface area contributed by atoms with Crippen molar-refractivity contribution in [2.45, 2.75) is 103 Å². The van der Waals surface area contributed by atoms with Gasteiger partial charge < -0.3 is 19.3 Å². The van der Waals surface area contributed by atoms with Gasteiger partial charge in [0.25, 0.3) is 0 Å². The van der Waals surface area contributed by atoms with E-state index in [0.717, 1.165) is 31.2 Å². The van der Waals surface area contributed by atoms with E-state index in [-0.39, 0.29) is 37.0 Å². The van der Waals surface area contributed by atoms with Crippen molar-refractivity contribution in [3.05, 3.63) is 35.9 Å². The van der Waals surface area contributed by atoms with Crippen LogP contribution < -0.4 is 5.32 Å². The molecule has 9 nitrogen and oxygen atoms in total. The number of ether oxygens (including phenoxy) is 2. The third kappa shape index (κ3) is 8.29. The van der Waals surface area contributed by atoms with Gasteiger partial charge in [0.1, 0.15) is 12.1 Å². The average molecular weight is 558 g/mol. The SMILES string of the molecule is CCCCCC(=O)N1CC[C@@H]2C[C@H](C(=O)OCC)N(C(=O)[C@H](C)N[C@@H](CCc3ccccc3)C(=O)OCC)[C@@H]2C1. The standard InChI is InChI=1S/C31H47N3O6/c1-5-8-10-15-28(35)33-19-18-24-20-26(31(38)40-7-3)34(27(24)21-33)29(36)22(4)32-25(30(37)39-6-2)17-16-23-13-11-9-12-14-23/h9,11-14,22,24-27,32H,5-8,10,15-21H2,1-4H3/t22-,24+,25-,26+,27+/m0/s1. The summed E-state index contributed by atoms with van der Waals surface area (Å²) in [6.07, 6.45) is 5.79. The smallest absolute Gasteiger partial charge is 0.328 e. The molecule has 2 aliphatic rings. The van der Waals surface area contributed by atoms with Crippen molar-refractivity contribution in [1.29, 1.82) is 0 Å². The van der Waals surface area contributed by atoms with Crippen LogP contribution in [0, 0.1) is 5.92 Å². The van der Waals surface area contributed by atoms with Gasteiger partial charge in [0.15, 0.2) is 0 Å². The fraction of sp³-hybridized carbons (Fsp3) is 0.677. The predicted molar refractivity (Wildman–Crippen MR) is 152 cm³/mol. The van der Waals surface area contributed by atoms with E-state index < -0.39 is 30.1 Å². The molecule has 1 aromatic carbocycles. The Labute approximate surface area is 238 Å². The van der Waals surface area contributed by atoms with Crippen LogP contribution in [0.5, 0.6) is 0 Å². The van der Waals surface area contributed by atoms with Crippen LogP contribution in [0.3, 0.4) is 0 Å². The number of esters is 2. The van der Waals surface area contributed by atoms with Crippen LogP contribution in [-0.4, -0.2) is 84.0 Å². The van der Waals surface area contributed by atoms with E-state index >= 15 is 0 Å². The number of hydrogen-bond donors (Lipinski definition) is 1. The molecule has 2 saturated heterocycles. The summed E-state index contributed by atoms with van der Waals surface area (Å²) in [5, 5.41) is 3.21. The number of fused-ring (bicyclic) bond motifs is 1. The first kappa shape index (κ1) is 31.6. The van der Waals surface area contributed by atoms with E-state index in [1.807, 2.05) is 35.2 Å². The summed E-state index contributed by atoms with van der Waals surface area (Å²) in [5.41, 5.74) is 1.09. The number of carbonyl (C=O) groups is 4. The molecule has 2 fully saturated rings. The number of nitrogens with one attached hydrogen (secondary N) is 1. The second-order valence-corrected chi connectivity index (χ2v) is 10.9. The quantitative estimate of drug-likeness (QED) is 0.276. The number of rotatable bonds is 14. The Bertz CT molecular complexity index is 987. The van der Waals surface area contributed by atoms with Crippen molar-refractivity contribution >= 4 is 23.8 Å². The van der Waals surface area contributed by atoms with Gasteiger partial charge in [-0.2, -0.15) is 0 Å². The topological polar surface area (TPSA) is 105 Å². The van der Waals surface area contributed by atoms with Gasteiger partial charge in [0, 0.05) is 19.5 Å². The number of benzene rings is 1. The van der Waals surface area contributed by atoms with E-state index in [4.69, 9.17) is 9.47 Å². The third-order valence-electron chi connectivity index (χ3n) is 8.06. The first-order valence-corrected chi connectivity index (χ1v) is 15.0. The normalized spacial score (nSPS) is 21.9. The maximum Gasteiger partial charge on any atom is 0.328 e. The Kier molecular flexibility index (Phi) is 12.4. The molecule has 9 heteroatoms. The summed E-state index contributed by atoms with van der Waals surface area (Å²) >= 11 is 0. The first-order chi connectivity index (χ1) is 19.3. The highest BCUT2D eigenvalue weighted by atomic mass is 16.5. The van der Waals surface area contributed by atoms with E-state index in [9.17, 15) is 19.2 Å². The molecule has 2 aliphatic heterocycles. The summed E-state index contributed by atoms with van der Waals surface area (Å²) < 4.78 is 10.7. The molecule has 0 aliphatic carbocycles. The van der Waals surface area contributed by atoms with Crippen LogP contribution >= 0.6 is 0 Å². The molecule has 0 unspecified atom stereocenters. The van der Waals surface area contributed by atoms with Gasteiger partial charge >= 0.3 is 11.9 Å². The number of nitrogens with zero attached hydrogens (tertiary/aromatic N) is 2. The summed E-state index contributed by atoms with van der Waals surface area (Å²) in [5.74, 6) is -0.859. The summed E-state index contributed by atoms with van der Waals surface area (Å²) in [6, 6.07) is 7.48. The lowest BCUT2D eigenvalue weighted by Crippen LogP contribution is -2.59. The Morgan fingerprint density at radius 2 is 1.75 bits per heavy atom. The summed E-state index contributed by atoms with van der Waals surface area (Å²) in [6.45, 7) is 8.87. The molecule has 40 heavy (non-hydrogen) atoms. The van der Waals surface area contributed by atoms with Crippen LogP contribution in [0.1, 0.15) is 78.2 Å². The molecule has 0 aromatic heterocycles. The molecule has 0 bridgehead atoms. The molecule has 222 valence electrons. The molecule has 3 rings (SSSR count). The van der Waals surface area contributed by atoms with E-state index in [1.165, 1.54) is 0 Å². The number of aryl methyl sites for hydroxylation is 1. The number of unbranched alkanes of at least 4 members (excludes halogenated alkanes) is 2. The first-order valence-electron chi connectivity index (χ1n) is 15.0. The molecule has 1 N–H and O–H groups in total. The highest BCUT2D eigenvalue weighted by Gasteiger charge is 2.50. The lowest BCUT2D eigenvalue weighted by atomic mass is 9.91. The van der Waals surface area contributed by atoms with Crippen molar-refractivity contribution < 1.29 is 28.7 Å². The number of hydrogen-bond acceptors (Lipinski definition) is 7. The van der Waals surface area contributed by atoms with Gasteiger partial charge in [-0.15, -0.1) is 0 Å². The van der Waals surface area contributed by atoms with Crippen LogP contribution in [0.25, 0.3) is 0 Å². The maximum absolute atomic E-state index is 14.0. The van der Waals surface area contributed by atoms with Crippen molar-refractivity contribution in [3.63, 3.8) is 0 Å². The van der Waals surface area contributed by atoms with Gasteiger partial charge in [0.2, 0.25) is 11.8 Å². The Balaban J connectivity index is 1.76. The van der Waals surface area contributed by atoms with Gasteiger partial charge in [0.05, 0.1) is 25.3 Å². The van der Waals surface area contributed by atoms with Crippen LogP contribution in [0.2, 0.25) is 0 Å². The largest absolute Gasteiger partial charge is 0.465 e. The minimum Gasteiger partial charge on any atom is -0.465 e. The molecular weight excluding hydrogens is 510 g/mol. The molecule has 0 spiro atoms. The number of carbonyl (C=O) groups excluding carboxylic acids is 4. The minimum atomic E-state index is -0.739. The van der Waals surface area contributed by atoms with E-state index in [0.29, 0.717) is 38.8 Å². The monoisotopic (exact) mass is 557 g/mol. The molecule has 0 saturated carbocycles. The van der Waals surface area contributed by atoms with Crippen molar-refractivity contribution in [2.24, 2.45) is 5.92 Å². The van der Waals surface area contributed by atoms with Crippen molar-refractivity contribution in [1.82, 2.24) is 15.1 Å². The van der Waals surface area contributed by atoms with Gasteiger partial charge in [-0.25, -0.2) is 4.79 Å². The average Bonchev–Trinajstić information content (AvgIpc) is 3.34. The molecule has 2 amide bonds. The fourth-order valence-electron chi connectivity index (χ4n) is 5.94. The molecular formula is C31H47N3O6. The highest BCUT2D eigenvalue weighted by Crippen LogP contribution is 2.37. The third-order valence-corrected chi connectivity index (χ3v) is 8.06. The van der Waals surface area contributed by atoms with Gasteiger partial charge in [-0.3, -0.25) is 19.7 Å². The van der Waals surface area contributed by atoms with Crippen molar-refractivity contribution in [3.8, 4) is 0 Å². The molecule has 5 atom stereocenters. The lowest BCUT2D eigenvalue weighted by Gasteiger charge is -2.40. The van der Waals surface area contributed by atoms with Crippen LogP contribution in [0.4, 0.5) is 0 Å². The molecule has 0 radical (unpaired) electrons. The van der Waals surface area contributed by atoms with Crippen LogP contribution in [-0.2, 0) is 35.1 Å². The number of likely N-dealkylation sites (tertiary alicyclic amines) is 2. The second kappa shape index (κ2) is 15.7. The molecule has 1 aromatic rings. The Morgan fingerprint density at radius 3 is 2.42 bits per heavy atom. The summed E-state index contributed by atoms with van der Waals surface area (Å²) in [4.78, 5) is 56.2. The van der Waals surface area contributed by atoms with E-state index in [2.05, 4.69) is 12.2 Å². The van der Waals surface area contributed by atoms with E-state index in [1.54, 1.807) is 25.7 Å². The lowest BCUT2D eigenvalue weighted by molar-refractivity contribution is -0.156. The molecule has 2 heterocycles. The van der Waals surface area contributed by atoms with Crippen molar-refractivity contribution in [2.75, 3.05) is 26.3 Å². The number of amides is 2. The fourth-order valence-corrected chi connectivity index (χ4v) is 5.94. The Morgan fingerprint density at radius 1 is 1.02 bits per heavy atom.